The first-order valence-corrected chi connectivity index (χ1v) is 18.3. The fraction of sp³-hybridized carbons (Fsp3) is 0.385. The number of carboxylic acids is 2. The minimum absolute atomic E-state index is 0.0311. The normalized spacial score (nSPS) is 18.4. The van der Waals surface area contributed by atoms with Gasteiger partial charge in [0.15, 0.2) is 0 Å². The Kier molecular flexibility index (Phi) is 12.8. The number of carboxylic acid groups (broad SMARTS) is 2. The minimum Gasteiger partial charge on any atom is -0.481 e. The highest BCUT2D eigenvalue weighted by molar-refractivity contribution is 6.30. The minimum atomic E-state index is -1.23. The van der Waals surface area contributed by atoms with Gasteiger partial charge in [0.25, 0.3) is 5.91 Å². The number of halogens is 2. The van der Waals surface area contributed by atoms with Crippen LogP contribution in [0.2, 0.25) is 10.0 Å². The van der Waals surface area contributed by atoms with Crippen LogP contribution >= 0.6 is 23.2 Å². The lowest BCUT2D eigenvalue weighted by atomic mass is 9.81. The Morgan fingerprint density at radius 3 is 2.00 bits per heavy atom. The molecule has 4 amide bonds. The van der Waals surface area contributed by atoms with E-state index in [1.807, 2.05) is 0 Å². The molecule has 12 nitrogen and oxygen atoms in total. The third-order valence-corrected chi connectivity index (χ3v) is 10.5. The number of nitrogens with one attached hydrogen (secondary N) is 2. The van der Waals surface area contributed by atoms with Crippen LogP contribution in [-0.2, 0) is 41.6 Å². The van der Waals surface area contributed by atoms with Gasteiger partial charge in [-0.2, -0.15) is 0 Å². The van der Waals surface area contributed by atoms with Crippen LogP contribution in [0.3, 0.4) is 0 Å². The Labute approximate surface area is 317 Å². The second-order valence-corrected chi connectivity index (χ2v) is 14.5. The predicted octanol–water partition coefficient (Wildman–Crippen LogP) is 5.54. The number of amides is 4. The molecule has 0 spiro atoms. The van der Waals surface area contributed by atoms with Gasteiger partial charge >= 0.3 is 11.9 Å². The molecular formula is C39H42Cl2N4O8. The number of hydrogen-bond acceptors (Lipinski definition) is 6. The van der Waals surface area contributed by atoms with Gasteiger partial charge in [0.05, 0.1) is 11.8 Å². The highest BCUT2D eigenvalue weighted by Gasteiger charge is 2.49. The first-order chi connectivity index (χ1) is 25.3. The van der Waals surface area contributed by atoms with E-state index >= 15 is 0 Å². The molecule has 280 valence electrons. The standard InChI is InChI=1S/C39H42Cl2N4O8/c1-24(46)42-21-20-39(18-2-3-19-39)38(53)43-31(37(51)52)22-25-6-14-30(15-7-25)44-35(27-8-12-29(41)13-9-27)45(33(47)16-17-34(48)49)32(36(44)50)23-26-4-10-28(40)11-5-26/h4-15,31-32,35H,2-3,16-23H2,1H3,(H,42,46)(H,43,53)(H,48,49)(H,51,52)/t31?,32-,35?/m1/s1. The summed E-state index contributed by atoms with van der Waals surface area (Å²) in [4.78, 5) is 80.0. The zero-order valence-corrected chi connectivity index (χ0v) is 30.7. The topological polar surface area (TPSA) is 173 Å². The lowest BCUT2D eigenvalue weighted by Crippen LogP contribution is -2.49. The summed E-state index contributed by atoms with van der Waals surface area (Å²) >= 11 is 12.3. The molecular weight excluding hydrogens is 723 g/mol. The third kappa shape index (κ3) is 9.54. The molecule has 5 rings (SSSR count). The molecule has 0 radical (unpaired) electrons. The number of benzene rings is 3. The number of rotatable bonds is 15. The van der Waals surface area contributed by atoms with Crippen molar-refractivity contribution in [2.75, 3.05) is 11.4 Å². The van der Waals surface area contributed by atoms with Gasteiger partial charge in [-0.25, -0.2) is 4.79 Å². The zero-order chi connectivity index (χ0) is 38.3. The van der Waals surface area contributed by atoms with Crippen LogP contribution in [0.25, 0.3) is 0 Å². The van der Waals surface area contributed by atoms with Crippen LogP contribution < -0.4 is 15.5 Å². The molecule has 0 aromatic heterocycles. The van der Waals surface area contributed by atoms with Crippen molar-refractivity contribution in [3.8, 4) is 0 Å². The number of aliphatic carboxylic acids is 2. The van der Waals surface area contributed by atoms with Gasteiger partial charge in [-0.05, 0) is 72.4 Å². The van der Waals surface area contributed by atoms with Gasteiger partial charge in [0, 0.05) is 48.5 Å². The van der Waals surface area contributed by atoms with Crippen molar-refractivity contribution < 1.29 is 39.0 Å². The number of hydrogen-bond donors (Lipinski definition) is 4. The predicted molar refractivity (Wildman–Crippen MR) is 198 cm³/mol. The molecule has 14 heteroatoms. The number of carbonyl (C=O) groups is 6. The SMILES string of the molecule is CC(=O)NCCC1(C(=O)NC(Cc2ccc(N3C(=O)[C@@H](Cc4ccc(Cl)cc4)N(C(=O)CCC(=O)O)C3c3ccc(Cl)cc3)cc2)C(=O)O)CCCC1. The van der Waals surface area contributed by atoms with E-state index in [1.54, 1.807) is 72.8 Å². The molecule has 0 bridgehead atoms. The van der Waals surface area contributed by atoms with Crippen molar-refractivity contribution in [3.63, 3.8) is 0 Å². The third-order valence-electron chi connectivity index (χ3n) is 10.00. The summed E-state index contributed by atoms with van der Waals surface area (Å²) in [5.41, 5.74) is 1.56. The molecule has 53 heavy (non-hydrogen) atoms. The number of anilines is 1. The Bertz CT molecular complexity index is 1830. The van der Waals surface area contributed by atoms with Gasteiger partial charge in [0.2, 0.25) is 17.7 Å². The molecule has 3 aromatic carbocycles. The smallest absolute Gasteiger partial charge is 0.326 e. The fourth-order valence-corrected chi connectivity index (χ4v) is 7.50. The Balaban J connectivity index is 1.43. The van der Waals surface area contributed by atoms with Crippen molar-refractivity contribution in [1.29, 1.82) is 0 Å². The van der Waals surface area contributed by atoms with E-state index in [4.69, 9.17) is 23.2 Å². The highest BCUT2D eigenvalue weighted by Crippen LogP contribution is 2.42. The van der Waals surface area contributed by atoms with Crippen LogP contribution in [0.5, 0.6) is 0 Å². The number of nitrogens with zero attached hydrogens (tertiary/aromatic N) is 2. The summed E-state index contributed by atoms with van der Waals surface area (Å²) in [6, 6.07) is 18.1. The first kappa shape index (κ1) is 39.3. The average Bonchev–Trinajstić information content (AvgIpc) is 3.71. The summed E-state index contributed by atoms with van der Waals surface area (Å²) in [6.07, 6.45) is 1.70. The van der Waals surface area contributed by atoms with Crippen LogP contribution in [0.4, 0.5) is 5.69 Å². The van der Waals surface area contributed by atoms with Crippen LogP contribution in [0.15, 0.2) is 72.8 Å². The Hall–Kier alpha value is -4.94. The summed E-state index contributed by atoms with van der Waals surface area (Å²) < 4.78 is 0. The Morgan fingerprint density at radius 2 is 1.43 bits per heavy atom. The van der Waals surface area contributed by atoms with E-state index in [9.17, 15) is 39.0 Å². The second-order valence-electron chi connectivity index (χ2n) is 13.6. The molecule has 1 heterocycles. The van der Waals surface area contributed by atoms with Gasteiger partial charge in [-0.15, -0.1) is 0 Å². The largest absolute Gasteiger partial charge is 0.481 e. The molecule has 3 aromatic rings. The molecule has 1 saturated heterocycles. The summed E-state index contributed by atoms with van der Waals surface area (Å²) in [5, 5.41) is 25.9. The maximum Gasteiger partial charge on any atom is 0.326 e. The van der Waals surface area contributed by atoms with Crippen molar-refractivity contribution in [3.05, 3.63) is 99.5 Å². The number of carbonyl (C=O) groups excluding carboxylic acids is 4. The quantitative estimate of drug-likeness (QED) is 0.156. The Morgan fingerprint density at radius 1 is 0.849 bits per heavy atom. The van der Waals surface area contributed by atoms with Crippen LogP contribution in [-0.4, -0.2) is 69.3 Å². The van der Waals surface area contributed by atoms with Crippen molar-refractivity contribution >= 4 is 64.5 Å². The van der Waals surface area contributed by atoms with E-state index in [-0.39, 0.29) is 31.1 Å². The van der Waals surface area contributed by atoms with Crippen LogP contribution in [0.1, 0.15) is 74.7 Å². The van der Waals surface area contributed by atoms with Crippen molar-refractivity contribution in [2.24, 2.45) is 5.41 Å². The second kappa shape index (κ2) is 17.3. The van der Waals surface area contributed by atoms with Crippen LogP contribution in [0, 0.1) is 5.41 Å². The van der Waals surface area contributed by atoms with Crippen molar-refractivity contribution in [2.45, 2.75) is 83.0 Å². The zero-order valence-electron chi connectivity index (χ0n) is 29.2. The molecule has 3 atom stereocenters. The maximum absolute atomic E-state index is 14.4. The molecule has 2 fully saturated rings. The van der Waals surface area contributed by atoms with Crippen molar-refractivity contribution in [1.82, 2.24) is 15.5 Å². The fourth-order valence-electron chi connectivity index (χ4n) is 7.25. The lowest BCUT2D eigenvalue weighted by molar-refractivity contribution is -0.144. The molecule has 1 aliphatic heterocycles. The molecule has 4 N–H and O–H groups in total. The van der Waals surface area contributed by atoms with E-state index in [2.05, 4.69) is 10.6 Å². The van der Waals surface area contributed by atoms with Gasteiger partial charge in [-0.1, -0.05) is 72.4 Å². The highest BCUT2D eigenvalue weighted by atomic mass is 35.5. The lowest BCUT2D eigenvalue weighted by Gasteiger charge is -2.32. The average molecular weight is 766 g/mol. The van der Waals surface area contributed by atoms with E-state index in [0.717, 1.165) is 18.4 Å². The molecule has 1 saturated carbocycles. The van der Waals surface area contributed by atoms with E-state index < -0.39 is 53.8 Å². The van der Waals surface area contributed by atoms with E-state index in [0.29, 0.717) is 52.7 Å². The molecule has 2 aliphatic rings. The summed E-state index contributed by atoms with van der Waals surface area (Å²) in [5.74, 6) is -3.81. The first-order valence-electron chi connectivity index (χ1n) is 17.5. The maximum atomic E-state index is 14.4. The monoisotopic (exact) mass is 764 g/mol. The van der Waals surface area contributed by atoms with Gasteiger partial charge in [-0.3, -0.25) is 28.9 Å². The van der Waals surface area contributed by atoms with Gasteiger partial charge in [0.1, 0.15) is 18.2 Å². The van der Waals surface area contributed by atoms with Gasteiger partial charge < -0.3 is 25.7 Å². The molecule has 2 unspecified atom stereocenters. The summed E-state index contributed by atoms with van der Waals surface area (Å²) in [6.45, 7) is 1.72. The van der Waals surface area contributed by atoms with E-state index in [1.165, 1.54) is 16.7 Å². The summed E-state index contributed by atoms with van der Waals surface area (Å²) in [7, 11) is 0. The molecule has 1 aliphatic carbocycles.